The Morgan fingerprint density at radius 3 is 1.66 bits per heavy atom. The van der Waals surface area contributed by atoms with Crippen molar-refractivity contribution < 1.29 is 0 Å². The SMILES string of the molecule is C/C=C(C)\C=C/C(C)C.C=CC1CC(C)(C)C1.CC.CC.CC.Cc1ccc(C)c(C)c1. The van der Waals surface area contributed by atoms with Crippen molar-refractivity contribution in [2.75, 3.05) is 0 Å². The lowest BCUT2D eigenvalue weighted by Gasteiger charge is -2.40. The molecule has 0 heterocycles. The van der Waals surface area contributed by atoms with Gasteiger partial charge in [-0.1, -0.05) is 123 Å². The monoisotopic (exact) mass is 444 g/mol. The van der Waals surface area contributed by atoms with Crippen LogP contribution in [0, 0.1) is 38.0 Å². The molecule has 32 heavy (non-hydrogen) atoms. The second-order valence-corrected chi connectivity index (χ2v) is 8.79. The summed E-state index contributed by atoms with van der Waals surface area (Å²) >= 11 is 0. The molecule has 0 radical (unpaired) electrons. The minimum Gasteiger partial charge on any atom is -0.103 e. The van der Waals surface area contributed by atoms with Crippen molar-refractivity contribution in [2.45, 2.75) is 117 Å². The Hall–Kier alpha value is -1.56. The first-order valence-corrected chi connectivity index (χ1v) is 13.0. The Bertz CT molecular complexity index is 588. The van der Waals surface area contributed by atoms with Crippen LogP contribution in [-0.2, 0) is 0 Å². The highest BCUT2D eigenvalue weighted by molar-refractivity contribution is 5.28. The van der Waals surface area contributed by atoms with Gasteiger partial charge in [-0.05, 0) is 75.8 Å². The fourth-order valence-corrected chi connectivity index (χ4v) is 2.86. The fourth-order valence-electron chi connectivity index (χ4n) is 2.86. The summed E-state index contributed by atoms with van der Waals surface area (Å²) in [5.41, 5.74) is 6.07. The maximum absolute atomic E-state index is 3.75. The first-order valence-electron chi connectivity index (χ1n) is 13.0. The van der Waals surface area contributed by atoms with Crippen LogP contribution in [0.3, 0.4) is 0 Å². The predicted molar refractivity (Wildman–Crippen MR) is 155 cm³/mol. The molecule has 0 amide bonds. The molecule has 0 heteroatoms. The minimum atomic E-state index is 0.624. The topological polar surface area (TPSA) is 0 Å². The smallest absolute Gasteiger partial charge is 0.0226 e. The van der Waals surface area contributed by atoms with Crippen LogP contribution < -0.4 is 0 Å². The maximum atomic E-state index is 3.75. The third kappa shape index (κ3) is 23.1. The maximum Gasteiger partial charge on any atom is -0.0226 e. The fraction of sp³-hybridized carbons (Fsp3) is 0.625. The molecule has 0 bridgehead atoms. The van der Waals surface area contributed by atoms with Crippen LogP contribution in [0.1, 0.15) is 113 Å². The second-order valence-electron chi connectivity index (χ2n) is 8.79. The number of allylic oxidation sites excluding steroid dienone is 5. The lowest BCUT2D eigenvalue weighted by atomic mass is 9.65. The summed E-state index contributed by atoms with van der Waals surface area (Å²) in [7, 11) is 0. The number of rotatable bonds is 3. The average Bonchev–Trinajstić information content (AvgIpc) is 2.78. The van der Waals surface area contributed by atoms with Gasteiger partial charge in [0, 0.05) is 0 Å². The molecule has 0 atom stereocenters. The summed E-state index contributed by atoms with van der Waals surface area (Å²) in [6, 6.07) is 6.50. The van der Waals surface area contributed by atoms with Crippen molar-refractivity contribution in [3.63, 3.8) is 0 Å². The normalized spacial score (nSPS) is 13.8. The molecule has 1 aromatic rings. The molecule has 0 aromatic heterocycles. The highest BCUT2D eigenvalue weighted by Gasteiger charge is 2.33. The summed E-state index contributed by atoms with van der Waals surface area (Å²) < 4.78 is 0. The van der Waals surface area contributed by atoms with Gasteiger partial charge >= 0.3 is 0 Å². The van der Waals surface area contributed by atoms with Gasteiger partial charge in [-0.3, -0.25) is 0 Å². The van der Waals surface area contributed by atoms with Gasteiger partial charge in [0.15, 0.2) is 0 Å². The molecule has 0 N–H and O–H groups in total. The van der Waals surface area contributed by atoms with Crippen LogP contribution in [0.2, 0.25) is 0 Å². The Labute approximate surface area is 205 Å². The Morgan fingerprint density at radius 1 is 0.938 bits per heavy atom. The van der Waals surface area contributed by atoms with Gasteiger partial charge in [-0.2, -0.15) is 0 Å². The van der Waals surface area contributed by atoms with Crippen molar-refractivity contribution in [3.8, 4) is 0 Å². The van der Waals surface area contributed by atoms with E-state index in [1.54, 1.807) is 0 Å². The Morgan fingerprint density at radius 2 is 1.41 bits per heavy atom. The molecule has 2 rings (SSSR count). The highest BCUT2D eigenvalue weighted by Crippen LogP contribution is 2.44. The highest BCUT2D eigenvalue weighted by atomic mass is 14.4. The van der Waals surface area contributed by atoms with Crippen LogP contribution in [0.15, 0.2) is 54.7 Å². The van der Waals surface area contributed by atoms with E-state index in [4.69, 9.17) is 0 Å². The zero-order valence-electron chi connectivity index (χ0n) is 24.8. The Balaban J connectivity index is -0.000000164. The quantitative estimate of drug-likeness (QED) is 0.321. The van der Waals surface area contributed by atoms with Crippen LogP contribution in [0.4, 0.5) is 0 Å². The molecule has 1 aromatic carbocycles. The number of aryl methyl sites for hydroxylation is 3. The van der Waals surface area contributed by atoms with Crippen molar-refractivity contribution in [3.05, 3.63) is 71.3 Å². The van der Waals surface area contributed by atoms with Crippen molar-refractivity contribution in [1.29, 1.82) is 0 Å². The number of hydrogen-bond donors (Lipinski definition) is 0. The third-order valence-corrected chi connectivity index (χ3v) is 4.82. The number of hydrogen-bond acceptors (Lipinski definition) is 0. The molecule has 1 aliphatic rings. The van der Waals surface area contributed by atoms with Crippen LogP contribution in [0.25, 0.3) is 0 Å². The largest absolute Gasteiger partial charge is 0.103 e. The summed E-state index contributed by atoms with van der Waals surface area (Å²) in [4.78, 5) is 0. The van der Waals surface area contributed by atoms with Crippen LogP contribution in [0.5, 0.6) is 0 Å². The van der Waals surface area contributed by atoms with E-state index in [1.807, 2.05) is 41.5 Å². The average molecular weight is 445 g/mol. The van der Waals surface area contributed by atoms with E-state index >= 15 is 0 Å². The molecule has 0 spiro atoms. The van der Waals surface area contributed by atoms with Crippen LogP contribution >= 0.6 is 0 Å². The van der Waals surface area contributed by atoms with Crippen molar-refractivity contribution in [2.24, 2.45) is 17.3 Å². The minimum absolute atomic E-state index is 0.624. The van der Waals surface area contributed by atoms with Gasteiger partial charge in [0.05, 0.1) is 0 Å². The van der Waals surface area contributed by atoms with Gasteiger partial charge < -0.3 is 0 Å². The zero-order valence-corrected chi connectivity index (χ0v) is 24.8. The molecule has 0 nitrogen and oxygen atoms in total. The lowest BCUT2D eigenvalue weighted by Crippen LogP contribution is -2.29. The molecule has 0 aliphatic heterocycles. The van der Waals surface area contributed by atoms with Gasteiger partial charge in [-0.15, -0.1) is 6.58 Å². The Kier molecular flexibility index (Phi) is 28.4. The molecule has 0 unspecified atom stereocenters. The first kappa shape index (κ1) is 37.7. The third-order valence-electron chi connectivity index (χ3n) is 4.82. The predicted octanol–water partition coefficient (Wildman–Crippen LogP) is 11.5. The van der Waals surface area contributed by atoms with E-state index in [0.717, 1.165) is 5.92 Å². The van der Waals surface area contributed by atoms with E-state index in [9.17, 15) is 0 Å². The number of benzene rings is 1. The van der Waals surface area contributed by atoms with E-state index < -0.39 is 0 Å². The van der Waals surface area contributed by atoms with Gasteiger partial charge in [0.2, 0.25) is 0 Å². The summed E-state index contributed by atoms with van der Waals surface area (Å²) in [6.45, 7) is 35.3. The molecular weight excluding hydrogens is 384 g/mol. The summed E-state index contributed by atoms with van der Waals surface area (Å²) in [5, 5.41) is 0. The molecule has 1 aliphatic carbocycles. The summed E-state index contributed by atoms with van der Waals surface area (Å²) in [5.74, 6) is 1.49. The summed E-state index contributed by atoms with van der Waals surface area (Å²) in [6.07, 6.45) is 11.2. The molecule has 188 valence electrons. The molecular formula is C32H60. The molecule has 1 fully saturated rings. The van der Waals surface area contributed by atoms with E-state index in [-0.39, 0.29) is 0 Å². The zero-order chi connectivity index (χ0) is 26.3. The van der Waals surface area contributed by atoms with E-state index in [1.165, 1.54) is 35.1 Å². The van der Waals surface area contributed by atoms with Crippen LogP contribution in [-0.4, -0.2) is 0 Å². The van der Waals surface area contributed by atoms with Gasteiger partial charge in [0.25, 0.3) is 0 Å². The second kappa shape index (κ2) is 24.1. The van der Waals surface area contributed by atoms with Crippen molar-refractivity contribution in [1.82, 2.24) is 0 Å². The molecule has 0 saturated heterocycles. The standard InChI is InChI=1S/C9H12.C9H16.C8H14.3C2H6/c1-7-4-5-8(2)9(3)6-7;1-5-9(4)7-6-8(2)3;1-4-7-5-8(2,3)6-7;3*1-2/h4-6H,1-3H3;5-8H,1-4H3;4,7H,1,5-6H2,2-3H3;3*1-2H3/b;7-6-,9-5-;;;;. The van der Waals surface area contributed by atoms with Crippen molar-refractivity contribution >= 4 is 0 Å². The van der Waals surface area contributed by atoms with Gasteiger partial charge in [0.1, 0.15) is 0 Å². The van der Waals surface area contributed by atoms with E-state index in [2.05, 4.69) is 111 Å². The van der Waals surface area contributed by atoms with Gasteiger partial charge in [-0.25, -0.2) is 0 Å². The van der Waals surface area contributed by atoms with E-state index in [0.29, 0.717) is 11.3 Å². The molecule has 1 saturated carbocycles. The first-order chi connectivity index (χ1) is 15.0. The lowest BCUT2D eigenvalue weighted by molar-refractivity contribution is 0.132.